The molecule has 0 unspecified atom stereocenters. The topological polar surface area (TPSA) is 86.0 Å². The molecule has 126 valence electrons. The van der Waals surface area contributed by atoms with Gasteiger partial charge in [0, 0.05) is 35.3 Å². The van der Waals surface area contributed by atoms with Gasteiger partial charge in [-0.2, -0.15) is 0 Å². The summed E-state index contributed by atoms with van der Waals surface area (Å²) in [4.78, 5) is 42.0. The molecule has 2 N–H and O–H groups in total. The van der Waals surface area contributed by atoms with E-state index in [2.05, 4.69) is 9.97 Å². The summed E-state index contributed by atoms with van der Waals surface area (Å²) in [5.41, 5.74) is 0.801. The van der Waals surface area contributed by atoms with Gasteiger partial charge >= 0.3 is 5.69 Å². The van der Waals surface area contributed by atoms with Crippen molar-refractivity contribution in [1.82, 2.24) is 14.9 Å². The quantitative estimate of drug-likeness (QED) is 0.884. The molecule has 0 radical (unpaired) electrons. The number of benzene rings is 1. The van der Waals surface area contributed by atoms with Crippen LogP contribution in [0.4, 0.5) is 0 Å². The maximum Gasteiger partial charge on any atom is 0.325 e. The zero-order chi connectivity index (χ0) is 17.3. The van der Waals surface area contributed by atoms with Crippen molar-refractivity contribution in [2.24, 2.45) is 0 Å². The van der Waals surface area contributed by atoms with E-state index in [1.807, 2.05) is 24.3 Å². The van der Waals surface area contributed by atoms with Crippen LogP contribution in [0.1, 0.15) is 29.2 Å². The normalized spacial score (nSPS) is 17.2. The molecule has 0 spiro atoms. The van der Waals surface area contributed by atoms with E-state index < -0.39 is 11.2 Å². The van der Waals surface area contributed by atoms with E-state index in [4.69, 9.17) is 11.6 Å². The number of rotatable bonds is 3. The fraction of sp³-hybridized carbons (Fsp3) is 0.353. The Kier molecular flexibility index (Phi) is 4.57. The van der Waals surface area contributed by atoms with E-state index in [1.54, 1.807) is 11.8 Å². The van der Waals surface area contributed by atoms with Gasteiger partial charge in [-0.1, -0.05) is 23.7 Å². The first kappa shape index (κ1) is 16.5. The van der Waals surface area contributed by atoms with Crippen LogP contribution in [0.2, 0.25) is 5.02 Å². The monoisotopic (exact) mass is 347 g/mol. The summed E-state index contributed by atoms with van der Waals surface area (Å²) in [5.74, 6) is 0.141. The minimum absolute atomic E-state index is 0.0137. The smallest absolute Gasteiger partial charge is 0.325 e. The molecular formula is C17H18ClN3O3. The second kappa shape index (κ2) is 6.65. The number of hydrogen-bond donors (Lipinski definition) is 2. The van der Waals surface area contributed by atoms with Gasteiger partial charge in [-0.3, -0.25) is 14.6 Å². The standard InChI is InChI=1S/C17H18ClN3O3/c1-10-14(16(23)20-17(24)19-10)8-15(22)21-6-5-12(9-21)11-3-2-4-13(18)7-11/h2-4,7,12H,5-6,8-9H2,1H3,(H2,19,20,23,24)/t12-/m0/s1. The van der Waals surface area contributed by atoms with Crippen LogP contribution in [-0.2, 0) is 11.2 Å². The lowest BCUT2D eigenvalue weighted by molar-refractivity contribution is -0.129. The SMILES string of the molecule is Cc1[nH]c(=O)[nH]c(=O)c1CC(=O)N1CC[C@H](c2cccc(Cl)c2)C1. The summed E-state index contributed by atoms with van der Waals surface area (Å²) in [6.07, 6.45) is 0.854. The number of hydrogen-bond acceptors (Lipinski definition) is 3. The van der Waals surface area contributed by atoms with Crippen LogP contribution in [0.3, 0.4) is 0 Å². The number of amides is 1. The van der Waals surface area contributed by atoms with Gasteiger partial charge in [-0.25, -0.2) is 4.79 Å². The zero-order valence-corrected chi connectivity index (χ0v) is 14.0. The highest BCUT2D eigenvalue weighted by atomic mass is 35.5. The van der Waals surface area contributed by atoms with Gasteiger partial charge < -0.3 is 9.88 Å². The number of aromatic nitrogens is 2. The van der Waals surface area contributed by atoms with Crippen LogP contribution in [0.25, 0.3) is 0 Å². The van der Waals surface area contributed by atoms with Crippen molar-refractivity contribution in [3.05, 3.63) is 66.9 Å². The van der Waals surface area contributed by atoms with Crippen molar-refractivity contribution in [1.29, 1.82) is 0 Å². The van der Waals surface area contributed by atoms with Crippen molar-refractivity contribution in [2.45, 2.75) is 25.7 Å². The van der Waals surface area contributed by atoms with E-state index in [1.165, 1.54) is 0 Å². The van der Waals surface area contributed by atoms with E-state index >= 15 is 0 Å². The lowest BCUT2D eigenvalue weighted by Crippen LogP contribution is -2.34. The molecule has 2 heterocycles. The number of aryl methyl sites for hydroxylation is 1. The van der Waals surface area contributed by atoms with Crippen molar-refractivity contribution >= 4 is 17.5 Å². The summed E-state index contributed by atoms with van der Waals surface area (Å²) >= 11 is 6.03. The Balaban J connectivity index is 1.71. The minimum atomic E-state index is -0.559. The molecule has 1 aromatic heterocycles. The molecule has 7 heteroatoms. The summed E-state index contributed by atoms with van der Waals surface area (Å²) in [6, 6.07) is 7.68. The number of H-pyrrole nitrogens is 2. The van der Waals surface area contributed by atoms with Crippen molar-refractivity contribution < 1.29 is 4.79 Å². The maximum absolute atomic E-state index is 12.5. The highest BCUT2D eigenvalue weighted by Gasteiger charge is 2.28. The summed E-state index contributed by atoms with van der Waals surface area (Å²) < 4.78 is 0. The van der Waals surface area contributed by atoms with E-state index in [0.717, 1.165) is 12.0 Å². The van der Waals surface area contributed by atoms with Crippen molar-refractivity contribution in [3.63, 3.8) is 0 Å². The van der Waals surface area contributed by atoms with Gasteiger partial charge in [0.2, 0.25) is 5.91 Å². The number of carbonyl (C=O) groups excluding carboxylic acids is 1. The van der Waals surface area contributed by atoms with Crippen LogP contribution in [0.5, 0.6) is 0 Å². The molecule has 1 aliphatic heterocycles. The summed E-state index contributed by atoms with van der Waals surface area (Å²) in [6.45, 7) is 2.88. The Morgan fingerprint density at radius 3 is 2.83 bits per heavy atom. The van der Waals surface area contributed by atoms with Gasteiger partial charge in [0.25, 0.3) is 5.56 Å². The Labute approximate surface area is 143 Å². The Bertz CT molecular complexity index is 887. The Hall–Kier alpha value is -2.34. The lowest BCUT2D eigenvalue weighted by Gasteiger charge is -2.17. The van der Waals surface area contributed by atoms with Gasteiger partial charge in [-0.15, -0.1) is 0 Å². The fourth-order valence-corrected chi connectivity index (χ4v) is 3.32. The first-order chi connectivity index (χ1) is 11.4. The predicted molar refractivity (Wildman–Crippen MR) is 91.5 cm³/mol. The Morgan fingerprint density at radius 2 is 2.12 bits per heavy atom. The zero-order valence-electron chi connectivity index (χ0n) is 13.3. The third kappa shape index (κ3) is 3.43. The molecule has 1 atom stereocenters. The molecule has 24 heavy (non-hydrogen) atoms. The molecule has 1 amide bonds. The average molecular weight is 348 g/mol. The molecule has 0 saturated carbocycles. The molecular weight excluding hydrogens is 330 g/mol. The number of nitrogens with one attached hydrogen (secondary N) is 2. The molecule has 0 bridgehead atoms. The molecule has 1 fully saturated rings. The average Bonchev–Trinajstić information content (AvgIpc) is 3.00. The van der Waals surface area contributed by atoms with Crippen LogP contribution < -0.4 is 11.2 Å². The van der Waals surface area contributed by atoms with Crippen LogP contribution >= 0.6 is 11.6 Å². The van der Waals surface area contributed by atoms with Crippen LogP contribution in [-0.4, -0.2) is 33.9 Å². The number of halogens is 1. The molecule has 0 aliphatic carbocycles. The second-order valence-corrected chi connectivity index (χ2v) is 6.51. The van der Waals surface area contributed by atoms with E-state index in [-0.39, 0.29) is 18.2 Å². The Morgan fingerprint density at radius 1 is 1.33 bits per heavy atom. The number of carbonyl (C=O) groups is 1. The van der Waals surface area contributed by atoms with E-state index in [9.17, 15) is 14.4 Å². The van der Waals surface area contributed by atoms with Crippen molar-refractivity contribution in [3.8, 4) is 0 Å². The lowest BCUT2D eigenvalue weighted by atomic mass is 9.99. The fourth-order valence-electron chi connectivity index (χ4n) is 3.12. The predicted octanol–water partition coefficient (Wildman–Crippen LogP) is 1.58. The third-order valence-corrected chi connectivity index (χ3v) is 4.68. The number of aromatic amines is 2. The van der Waals surface area contributed by atoms with E-state index in [0.29, 0.717) is 29.4 Å². The number of likely N-dealkylation sites (tertiary alicyclic amines) is 1. The van der Waals surface area contributed by atoms with Gasteiger partial charge in [-0.05, 0) is 31.0 Å². The largest absolute Gasteiger partial charge is 0.342 e. The van der Waals surface area contributed by atoms with Gasteiger partial charge in [0.1, 0.15) is 0 Å². The molecule has 1 aliphatic rings. The van der Waals surface area contributed by atoms with Crippen molar-refractivity contribution in [2.75, 3.05) is 13.1 Å². The molecule has 1 saturated heterocycles. The summed E-state index contributed by atoms with van der Waals surface area (Å²) in [7, 11) is 0. The third-order valence-electron chi connectivity index (χ3n) is 4.44. The van der Waals surface area contributed by atoms with Gasteiger partial charge in [0.05, 0.1) is 6.42 Å². The van der Waals surface area contributed by atoms with Gasteiger partial charge in [0.15, 0.2) is 0 Å². The summed E-state index contributed by atoms with van der Waals surface area (Å²) in [5, 5.41) is 0.688. The highest BCUT2D eigenvalue weighted by molar-refractivity contribution is 6.30. The van der Waals surface area contributed by atoms with Crippen LogP contribution in [0, 0.1) is 6.92 Å². The second-order valence-electron chi connectivity index (χ2n) is 6.07. The molecule has 1 aromatic carbocycles. The van der Waals surface area contributed by atoms with Crippen LogP contribution in [0.15, 0.2) is 33.9 Å². The number of nitrogens with zero attached hydrogens (tertiary/aromatic N) is 1. The first-order valence-corrected chi connectivity index (χ1v) is 8.17. The molecule has 6 nitrogen and oxygen atoms in total. The first-order valence-electron chi connectivity index (χ1n) is 7.79. The minimum Gasteiger partial charge on any atom is -0.342 e. The highest BCUT2D eigenvalue weighted by Crippen LogP contribution is 2.29. The molecule has 2 aromatic rings. The maximum atomic E-state index is 12.5. The molecule has 3 rings (SSSR count).